The van der Waals surface area contributed by atoms with E-state index in [0.29, 0.717) is 18.8 Å². The summed E-state index contributed by atoms with van der Waals surface area (Å²) in [5.41, 5.74) is 2.42. The van der Waals surface area contributed by atoms with Gasteiger partial charge in [-0.15, -0.1) is 0 Å². The maximum absolute atomic E-state index is 6.11. The summed E-state index contributed by atoms with van der Waals surface area (Å²) < 4.78 is 11.3. The molecule has 0 aliphatic carbocycles. The minimum Gasteiger partial charge on any atom is -0.472 e. The van der Waals surface area contributed by atoms with E-state index >= 15 is 0 Å². The van der Waals surface area contributed by atoms with E-state index in [-0.39, 0.29) is 0 Å². The Kier molecular flexibility index (Phi) is 4.41. The molecular weight excluding hydrogens is 290 g/mol. The number of hydrogen-bond donors (Lipinski definition) is 0. The van der Waals surface area contributed by atoms with Crippen LogP contribution >= 0.6 is 0 Å². The lowest BCUT2D eigenvalue weighted by Crippen LogP contribution is -2.49. The summed E-state index contributed by atoms with van der Waals surface area (Å²) in [5.74, 6) is 0. The van der Waals surface area contributed by atoms with Crippen LogP contribution in [0, 0.1) is 0 Å². The van der Waals surface area contributed by atoms with Crippen molar-refractivity contribution in [2.45, 2.75) is 31.7 Å². The molecule has 2 aromatic heterocycles. The minimum absolute atomic E-state index is 0.342. The van der Waals surface area contributed by atoms with E-state index in [0.717, 1.165) is 44.7 Å². The van der Waals surface area contributed by atoms with Gasteiger partial charge in [0, 0.05) is 56.7 Å². The molecule has 0 amide bonds. The zero-order valence-corrected chi connectivity index (χ0v) is 13.3. The third kappa shape index (κ3) is 3.63. The predicted molar refractivity (Wildman–Crippen MR) is 86.8 cm³/mol. The molecule has 2 aromatic rings. The fourth-order valence-corrected chi connectivity index (χ4v) is 3.66. The molecule has 2 fully saturated rings. The third-order valence-corrected chi connectivity index (χ3v) is 4.86. The van der Waals surface area contributed by atoms with Crippen LogP contribution in [0.15, 0.2) is 47.5 Å². The van der Waals surface area contributed by atoms with E-state index < -0.39 is 0 Å². The Morgan fingerprint density at radius 3 is 3.04 bits per heavy atom. The number of hydrogen-bond acceptors (Lipinski definition) is 5. The standard InChI is InChI=1S/C18H23N3O2/c1-2-15(9-19-4-1)14-23-18-8-17-11-20(5-6-21(17)12-18)10-16-3-7-22-13-16/h1-4,7,9,13,17-18H,5-6,8,10-12,14H2/t17-,18-/m0/s1. The van der Waals surface area contributed by atoms with Gasteiger partial charge in [0.15, 0.2) is 0 Å². The maximum atomic E-state index is 6.11. The average Bonchev–Trinajstić information content (AvgIpc) is 3.23. The highest BCUT2D eigenvalue weighted by molar-refractivity contribution is 5.07. The van der Waals surface area contributed by atoms with Crippen LogP contribution in [0.25, 0.3) is 0 Å². The first kappa shape index (κ1) is 14.9. The maximum Gasteiger partial charge on any atom is 0.0947 e. The lowest BCUT2D eigenvalue weighted by molar-refractivity contribution is 0.0457. The molecule has 5 heteroatoms. The highest BCUT2D eigenvalue weighted by Gasteiger charge is 2.36. The summed E-state index contributed by atoms with van der Waals surface area (Å²) in [6.07, 6.45) is 8.75. The van der Waals surface area contributed by atoms with Gasteiger partial charge in [0.1, 0.15) is 0 Å². The third-order valence-electron chi connectivity index (χ3n) is 4.86. The van der Waals surface area contributed by atoms with Crippen LogP contribution < -0.4 is 0 Å². The van der Waals surface area contributed by atoms with Crippen molar-refractivity contribution in [3.05, 3.63) is 54.2 Å². The zero-order valence-electron chi connectivity index (χ0n) is 13.3. The van der Waals surface area contributed by atoms with E-state index in [1.54, 1.807) is 12.5 Å². The van der Waals surface area contributed by atoms with Crippen molar-refractivity contribution in [2.24, 2.45) is 0 Å². The van der Waals surface area contributed by atoms with E-state index in [1.165, 1.54) is 5.56 Å². The van der Waals surface area contributed by atoms with Crippen LogP contribution in [0.2, 0.25) is 0 Å². The van der Waals surface area contributed by atoms with Crippen LogP contribution in [0.1, 0.15) is 17.5 Å². The molecule has 2 saturated heterocycles. The molecule has 122 valence electrons. The molecule has 5 nitrogen and oxygen atoms in total. The van der Waals surface area contributed by atoms with Crippen molar-refractivity contribution in [3.63, 3.8) is 0 Å². The molecule has 2 aliphatic rings. The van der Waals surface area contributed by atoms with Gasteiger partial charge in [-0.1, -0.05) is 6.07 Å². The first-order valence-electron chi connectivity index (χ1n) is 8.35. The van der Waals surface area contributed by atoms with Gasteiger partial charge in [-0.2, -0.15) is 0 Å². The van der Waals surface area contributed by atoms with Gasteiger partial charge in [0.25, 0.3) is 0 Å². The highest BCUT2D eigenvalue weighted by Crippen LogP contribution is 2.25. The fourth-order valence-electron chi connectivity index (χ4n) is 3.66. The molecule has 4 rings (SSSR count). The van der Waals surface area contributed by atoms with E-state index in [1.807, 2.05) is 18.5 Å². The molecule has 0 N–H and O–H groups in total. The minimum atomic E-state index is 0.342. The number of nitrogens with zero attached hydrogens (tertiary/aromatic N) is 3. The Morgan fingerprint density at radius 2 is 2.22 bits per heavy atom. The first-order valence-corrected chi connectivity index (χ1v) is 8.35. The molecule has 23 heavy (non-hydrogen) atoms. The summed E-state index contributed by atoms with van der Waals surface area (Å²) in [7, 11) is 0. The quantitative estimate of drug-likeness (QED) is 0.846. The highest BCUT2D eigenvalue weighted by atomic mass is 16.5. The molecular formula is C18H23N3O2. The number of rotatable bonds is 5. The second-order valence-corrected chi connectivity index (χ2v) is 6.55. The summed E-state index contributed by atoms with van der Waals surface area (Å²) >= 11 is 0. The molecule has 0 saturated carbocycles. The fraction of sp³-hybridized carbons (Fsp3) is 0.500. The van der Waals surface area contributed by atoms with E-state index in [9.17, 15) is 0 Å². The predicted octanol–water partition coefficient (Wildman–Crippen LogP) is 2.15. The van der Waals surface area contributed by atoms with Gasteiger partial charge in [0.05, 0.1) is 25.2 Å². The number of ether oxygens (including phenoxy) is 1. The number of aromatic nitrogens is 1. The molecule has 2 atom stereocenters. The molecule has 2 aliphatic heterocycles. The van der Waals surface area contributed by atoms with Crippen molar-refractivity contribution in [1.29, 1.82) is 0 Å². The van der Waals surface area contributed by atoms with Crippen LogP contribution in [-0.2, 0) is 17.9 Å². The van der Waals surface area contributed by atoms with Crippen molar-refractivity contribution in [3.8, 4) is 0 Å². The zero-order chi connectivity index (χ0) is 15.5. The van der Waals surface area contributed by atoms with Gasteiger partial charge < -0.3 is 9.15 Å². The lowest BCUT2D eigenvalue weighted by Gasteiger charge is -2.37. The largest absolute Gasteiger partial charge is 0.472 e. The second-order valence-electron chi connectivity index (χ2n) is 6.55. The van der Waals surface area contributed by atoms with Crippen LogP contribution in [-0.4, -0.2) is 53.1 Å². The molecule has 0 spiro atoms. The number of fused-ring (bicyclic) bond motifs is 1. The summed E-state index contributed by atoms with van der Waals surface area (Å²) in [5, 5.41) is 0. The molecule has 4 heterocycles. The van der Waals surface area contributed by atoms with Crippen molar-refractivity contribution in [1.82, 2.24) is 14.8 Å². The van der Waals surface area contributed by atoms with Gasteiger partial charge in [-0.25, -0.2) is 0 Å². The van der Waals surface area contributed by atoms with Crippen molar-refractivity contribution in [2.75, 3.05) is 26.2 Å². The number of piperazine rings is 1. The van der Waals surface area contributed by atoms with Crippen LogP contribution in [0.3, 0.4) is 0 Å². The Bertz CT molecular complexity index is 602. The monoisotopic (exact) mass is 313 g/mol. The summed E-state index contributed by atoms with van der Waals surface area (Å²) in [6, 6.07) is 6.71. The van der Waals surface area contributed by atoms with Gasteiger partial charge in [0.2, 0.25) is 0 Å². The SMILES string of the molecule is c1cncc(CO[C@H]2C[C@H]3CN(Cc4ccoc4)CCN3C2)c1. The Hall–Kier alpha value is -1.69. The molecule has 0 bridgehead atoms. The molecule has 0 unspecified atom stereocenters. The van der Waals surface area contributed by atoms with E-state index in [2.05, 4.69) is 26.9 Å². The smallest absolute Gasteiger partial charge is 0.0947 e. The van der Waals surface area contributed by atoms with Gasteiger partial charge in [-0.3, -0.25) is 14.8 Å². The normalized spacial score (nSPS) is 25.6. The summed E-state index contributed by atoms with van der Waals surface area (Å²) in [4.78, 5) is 9.25. The Balaban J connectivity index is 1.27. The Labute approximate surface area is 136 Å². The summed E-state index contributed by atoms with van der Waals surface area (Å²) in [6.45, 7) is 6.09. The van der Waals surface area contributed by atoms with Gasteiger partial charge >= 0.3 is 0 Å². The number of furan rings is 1. The average molecular weight is 313 g/mol. The Morgan fingerprint density at radius 1 is 1.22 bits per heavy atom. The van der Waals surface area contributed by atoms with Crippen LogP contribution in [0.5, 0.6) is 0 Å². The van der Waals surface area contributed by atoms with Crippen molar-refractivity contribution < 1.29 is 9.15 Å². The van der Waals surface area contributed by atoms with Crippen LogP contribution in [0.4, 0.5) is 0 Å². The topological polar surface area (TPSA) is 41.7 Å². The van der Waals surface area contributed by atoms with E-state index in [4.69, 9.17) is 9.15 Å². The lowest BCUT2D eigenvalue weighted by atomic mass is 10.1. The number of pyridine rings is 1. The molecule has 0 aromatic carbocycles. The first-order chi connectivity index (χ1) is 11.4. The molecule has 0 radical (unpaired) electrons. The second kappa shape index (κ2) is 6.83. The van der Waals surface area contributed by atoms with Crippen molar-refractivity contribution >= 4 is 0 Å². The van der Waals surface area contributed by atoms with Gasteiger partial charge in [-0.05, 0) is 24.1 Å².